The molecule has 0 aromatic rings. The van der Waals surface area contributed by atoms with E-state index in [1.165, 1.54) is 0 Å². The largest absolute Gasteiger partial charge is 0.481 e. The van der Waals surface area contributed by atoms with Crippen LogP contribution in [0.25, 0.3) is 0 Å². The lowest BCUT2D eigenvalue weighted by Crippen LogP contribution is -2.51. The Morgan fingerprint density at radius 3 is 2.14 bits per heavy atom. The number of carboxylic acids is 1. The third-order valence-electron chi connectivity index (χ3n) is 4.56. The van der Waals surface area contributed by atoms with Gasteiger partial charge in [0, 0.05) is 26.8 Å². The molecule has 2 fully saturated rings. The second kappa shape index (κ2) is 6.62. The summed E-state index contributed by atoms with van der Waals surface area (Å²) in [6, 6.07) is -0.108. The van der Waals surface area contributed by atoms with Crippen molar-refractivity contribution < 1.29 is 24.2 Å². The molecular formula is C14H24N2O5. The molecule has 2 amide bonds. The number of piperidine rings is 1. The number of amides is 2. The summed E-state index contributed by atoms with van der Waals surface area (Å²) in [5.41, 5.74) is 0. The molecule has 0 aromatic heterocycles. The van der Waals surface area contributed by atoms with Crippen molar-refractivity contribution in [1.29, 1.82) is 0 Å². The molecule has 2 aliphatic heterocycles. The lowest BCUT2D eigenvalue weighted by molar-refractivity contribution is -0.143. The number of hydrogen-bond acceptors (Lipinski definition) is 4. The molecule has 0 aromatic carbocycles. The van der Waals surface area contributed by atoms with Crippen LogP contribution in [0.3, 0.4) is 0 Å². The van der Waals surface area contributed by atoms with Crippen LogP contribution in [0.2, 0.25) is 0 Å². The summed E-state index contributed by atoms with van der Waals surface area (Å²) in [7, 11) is 3.23. The number of methoxy groups -OCH3 is 2. The highest BCUT2D eigenvalue weighted by atomic mass is 16.5. The summed E-state index contributed by atoms with van der Waals surface area (Å²) < 4.78 is 10.7. The van der Waals surface area contributed by atoms with Crippen LogP contribution in [0.4, 0.5) is 4.79 Å². The van der Waals surface area contributed by atoms with E-state index in [1.54, 1.807) is 24.0 Å². The molecule has 7 heteroatoms. The molecule has 120 valence electrons. The third-order valence-corrected chi connectivity index (χ3v) is 4.56. The Bertz CT molecular complexity index is 391. The van der Waals surface area contributed by atoms with Crippen molar-refractivity contribution in [2.24, 2.45) is 5.92 Å². The van der Waals surface area contributed by atoms with Crippen LogP contribution in [-0.2, 0) is 14.3 Å². The molecule has 4 unspecified atom stereocenters. The van der Waals surface area contributed by atoms with E-state index in [4.69, 9.17) is 14.6 Å². The lowest BCUT2D eigenvalue weighted by Gasteiger charge is -2.38. The summed E-state index contributed by atoms with van der Waals surface area (Å²) in [5.74, 6) is -1.12. The number of rotatable bonds is 3. The molecule has 0 saturated carbocycles. The standard InChI is InChI=1S/C14H24N2O5/c1-9-6-10(13(17)18)4-5-16(9)14(19)15-7-11(20-2)12(8-15)21-3/h9-12H,4-8H2,1-3H3,(H,17,18). The van der Waals surface area contributed by atoms with Crippen molar-refractivity contribution in [3.05, 3.63) is 0 Å². The first-order valence-electron chi connectivity index (χ1n) is 7.31. The van der Waals surface area contributed by atoms with Gasteiger partial charge in [-0.2, -0.15) is 0 Å². The van der Waals surface area contributed by atoms with Gasteiger partial charge in [-0.05, 0) is 19.8 Å². The molecule has 2 saturated heterocycles. The predicted molar refractivity (Wildman–Crippen MR) is 75.1 cm³/mol. The molecule has 2 rings (SSSR count). The molecule has 1 N–H and O–H groups in total. The first-order chi connectivity index (χ1) is 9.97. The molecule has 2 aliphatic rings. The minimum Gasteiger partial charge on any atom is -0.481 e. The number of ether oxygens (including phenoxy) is 2. The Balaban J connectivity index is 1.96. The molecular weight excluding hydrogens is 276 g/mol. The van der Waals surface area contributed by atoms with Crippen molar-refractivity contribution in [1.82, 2.24) is 9.80 Å². The summed E-state index contributed by atoms with van der Waals surface area (Å²) in [6.07, 6.45) is 0.813. The zero-order chi connectivity index (χ0) is 15.6. The van der Waals surface area contributed by atoms with Gasteiger partial charge < -0.3 is 24.4 Å². The fourth-order valence-electron chi connectivity index (χ4n) is 3.22. The molecule has 2 heterocycles. The van der Waals surface area contributed by atoms with Gasteiger partial charge in [0.25, 0.3) is 0 Å². The Kier molecular flexibility index (Phi) is 5.05. The second-order valence-corrected chi connectivity index (χ2v) is 5.84. The minimum atomic E-state index is -0.769. The van der Waals surface area contributed by atoms with E-state index in [9.17, 15) is 9.59 Å². The van der Waals surface area contributed by atoms with E-state index in [-0.39, 0.29) is 30.2 Å². The number of nitrogens with zero attached hydrogens (tertiary/aromatic N) is 2. The Hall–Kier alpha value is -1.34. The van der Waals surface area contributed by atoms with E-state index < -0.39 is 5.97 Å². The van der Waals surface area contributed by atoms with E-state index >= 15 is 0 Å². The first kappa shape index (κ1) is 16.0. The Labute approximate surface area is 124 Å². The highest BCUT2D eigenvalue weighted by Crippen LogP contribution is 2.26. The smallest absolute Gasteiger partial charge is 0.320 e. The summed E-state index contributed by atoms with van der Waals surface area (Å²) in [6.45, 7) is 3.42. The third kappa shape index (κ3) is 3.29. The molecule has 0 radical (unpaired) electrons. The van der Waals surface area contributed by atoms with Gasteiger partial charge in [-0.25, -0.2) is 4.79 Å². The van der Waals surface area contributed by atoms with Gasteiger partial charge in [0.05, 0.1) is 19.0 Å². The second-order valence-electron chi connectivity index (χ2n) is 5.84. The Morgan fingerprint density at radius 2 is 1.71 bits per heavy atom. The van der Waals surface area contributed by atoms with E-state index in [0.29, 0.717) is 32.5 Å². The summed E-state index contributed by atoms with van der Waals surface area (Å²) in [5, 5.41) is 9.08. The van der Waals surface area contributed by atoms with Gasteiger partial charge in [-0.15, -0.1) is 0 Å². The fraction of sp³-hybridized carbons (Fsp3) is 0.857. The van der Waals surface area contributed by atoms with Gasteiger partial charge in [0.15, 0.2) is 0 Å². The number of carbonyl (C=O) groups excluding carboxylic acids is 1. The van der Waals surface area contributed by atoms with Crippen LogP contribution < -0.4 is 0 Å². The molecule has 0 aliphatic carbocycles. The van der Waals surface area contributed by atoms with Crippen LogP contribution in [0.15, 0.2) is 0 Å². The fourth-order valence-corrected chi connectivity index (χ4v) is 3.22. The topological polar surface area (TPSA) is 79.3 Å². The number of carboxylic acid groups (broad SMARTS) is 1. The van der Waals surface area contributed by atoms with E-state index in [2.05, 4.69) is 0 Å². The number of carbonyl (C=O) groups is 2. The van der Waals surface area contributed by atoms with Gasteiger partial charge in [0.1, 0.15) is 12.2 Å². The average Bonchev–Trinajstić information content (AvgIpc) is 2.89. The number of urea groups is 1. The van der Waals surface area contributed by atoms with Gasteiger partial charge in [-0.1, -0.05) is 0 Å². The van der Waals surface area contributed by atoms with Crippen molar-refractivity contribution in [3.8, 4) is 0 Å². The molecule has 4 atom stereocenters. The summed E-state index contributed by atoms with van der Waals surface area (Å²) >= 11 is 0. The molecule has 21 heavy (non-hydrogen) atoms. The maximum absolute atomic E-state index is 12.6. The van der Waals surface area contributed by atoms with E-state index in [1.807, 2.05) is 6.92 Å². The minimum absolute atomic E-state index is 0.0482. The van der Waals surface area contributed by atoms with Crippen molar-refractivity contribution in [2.75, 3.05) is 33.9 Å². The molecule has 0 spiro atoms. The lowest BCUT2D eigenvalue weighted by atomic mass is 9.92. The molecule has 7 nitrogen and oxygen atoms in total. The normalized spacial score (nSPS) is 33.3. The maximum Gasteiger partial charge on any atom is 0.320 e. The van der Waals surface area contributed by atoms with Gasteiger partial charge in [0.2, 0.25) is 0 Å². The summed E-state index contributed by atoms with van der Waals surface area (Å²) in [4.78, 5) is 27.2. The quantitative estimate of drug-likeness (QED) is 0.827. The number of hydrogen-bond donors (Lipinski definition) is 1. The highest BCUT2D eigenvalue weighted by Gasteiger charge is 2.40. The van der Waals surface area contributed by atoms with E-state index in [0.717, 1.165) is 0 Å². The van der Waals surface area contributed by atoms with Crippen molar-refractivity contribution in [2.45, 2.75) is 38.0 Å². The zero-order valence-electron chi connectivity index (χ0n) is 12.8. The Morgan fingerprint density at radius 1 is 1.14 bits per heavy atom. The van der Waals surface area contributed by atoms with Crippen molar-refractivity contribution in [3.63, 3.8) is 0 Å². The van der Waals surface area contributed by atoms with Crippen LogP contribution in [-0.4, -0.2) is 79.0 Å². The van der Waals surface area contributed by atoms with Crippen LogP contribution in [0.1, 0.15) is 19.8 Å². The average molecular weight is 300 g/mol. The highest BCUT2D eigenvalue weighted by molar-refractivity contribution is 5.76. The number of likely N-dealkylation sites (tertiary alicyclic amines) is 2. The van der Waals surface area contributed by atoms with Crippen molar-refractivity contribution >= 4 is 12.0 Å². The van der Waals surface area contributed by atoms with Crippen LogP contribution in [0, 0.1) is 5.92 Å². The SMILES string of the molecule is COC1CN(C(=O)N2CCC(C(=O)O)CC2C)CC1OC. The first-order valence-corrected chi connectivity index (χ1v) is 7.31. The monoisotopic (exact) mass is 300 g/mol. The maximum atomic E-state index is 12.6. The number of aliphatic carboxylic acids is 1. The van der Waals surface area contributed by atoms with Crippen LogP contribution >= 0.6 is 0 Å². The van der Waals surface area contributed by atoms with Gasteiger partial charge >= 0.3 is 12.0 Å². The molecule has 0 bridgehead atoms. The van der Waals surface area contributed by atoms with Gasteiger partial charge in [-0.3, -0.25) is 4.79 Å². The zero-order valence-corrected chi connectivity index (χ0v) is 12.8. The predicted octanol–water partition coefficient (Wildman–Crippen LogP) is 0.637. The van der Waals surface area contributed by atoms with Crippen LogP contribution in [0.5, 0.6) is 0 Å².